The molecule has 1 saturated heterocycles. The van der Waals surface area contributed by atoms with Crippen LogP contribution in [-0.2, 0) is 4.74 Å². The van der Waals surface area contributed by atoms with Crippen molar-refractivity contribution in [1.82, 2.24) is 4.90 Å². The first-order valence-electron chi connectivity index (χ1n) is 8.62. The van der Waals surface area contributed by atoms with Crippen molar-refractivity contribution >= 4 is 6.09 Å². The van der Waals surface area contributed by atoms with Crippen LogP contribution in [0.4, 0.5) is 31.1 Å². The molecule has 4 nitrogen and oxygen atoms in total. The molecular weight excluding hydrogens is 392 g/mol. The molecular formula is C18H21F6NO3. The van der Waals surface area contributed by atoms with Gasteiger partial charge in [0.1, 0.15) is 5.60 Å². The van der Waals surface area contributed by atoms with E-state index in [1.165, 1.54) is 4.90 Å². The minimum atomic E-state index is -4.97. The van der Waals surface area contributed by atoms with Crippen LogP contribution in [0.3, 0.4) is 0 Å². The number of alkyl halides is 4. The molecule has 1 amide bonds. The lowest BCUT2D eigenvalue weighted by Gasteiger charge is -2.34. The van der Waals surface area contributed by atoms with Gasteiger partial charge in [0.05, 0.1) is 0 Å². The van der Waals surface area contributed by atoms with Gasteiger partial charge in [-0.25, -0.2) is 9.18 Å². The fourth-order valence-electron chi connectivity index (χ4n) is 2.85. The van der Waals surface area contributed by atoms with Gasteiger partial charge in [-0.3, -0.25) is 0 Å². The Morgan fingerprint density at radius 1 is 1.14 bits per heavy atom. The van der Waals surface area contributed by atoms with Crippen LogP contribution >= 0.6 is 0 Å². The molecule has 1 aromatic carbocycles. The third-order valence-corrected chi connectivity index (χ3v) is 4.16. The molecule has 0 saturated carbocycles. The van der Waals surface area contributed by atoms with E-state index in [1.54, 1.807) is 20.8 Å². The number of piperidine rings is 1. The lowest BCUT2D eigenvalue weighted by Crippen LogP contribution is -2.41. The van der Waals surface area contributed by atoms with Crippen molar-refractivity contribution in [1.29, 1.82) is 0 Å². The summed E-state index contributed by atoms with van der Waals surface area (Å²) >= 11 is 0. The number of likely N-dealkylation sites (tertiary alicyclic amines) is 1. The van der Waals surface area contributed by atoms with E-state index in [0.717, 1.165) is 12.1 Å². The zero-order chi connectivity index (χ0) is 21.3. The third kappa shape index (κ3) is 5.23. The molecule has 0 spiro atoms. The summed E-state index contributed by atoms with van der Waals surface area (Å²) in [5.74, 6) is -5.07. The van der Waals surface area contributed by atoms with Gasteiger partial charge in [-0.2, -0.15) is 22.0 Å². The van der Waals surface area contributed by atoms with Crippen LogP contribution in [0.1, 0.15) is 45.1 Å². The lowest BCUT2D eigenvalue weighted by atomic mass is 9.88. The number of ether oxygens (including phenoxy) is 2. The maximum Gasteiger partial charge on any atom is 0.461 e. The highest BCUT2D eigenvalue weighted by Gasteiger charge is 2.45. The minimum Gasteiger partial charge on any atom is -0.444 e. The molecule has 0 radical (unpaired) electrons. The highest BCUT2D eigenvalue weighted by atomic mass is 19.3. The summed E-state index contributed by atoms with van der Waals surface area (Å²) in [5, 5.41) is 0. The number of halogens is 6. The van der Waals surface area contributed by atoms with E-state index in [-0.39, 0.29) is 31.5 Å². The lowest BCUT2D eigenvalue weighted by molar-refractivity contribution is -0.254. The Morgan fingerprint density at radius 3 is 2.21 bits per heavy atom. The molecule has 10 heteroatoms. The van der Waals surface area contributed by atoms with E-state index >= 15 is 0 Å². The predicted octanol–water partition coefficient (Wildman–Crippen LogP) is 5.32. The summed E-state index contributed by atoms with van der Waals surface area (Å²) in [6.45, 7) is 5.44. The molecule has 1 aliphatic heterocycles. The van der Waals surface area contributed by atoms with Gasteiger partial charge in [0.25, 0.3) is 0 Å². The number of benzene rings is 1. The molecule has 1 aromatic rings. The van der Waals surface area contributed by atoms with Crippen molar-refractivity contribution in [3.05, 3.63) is 29.3 Å². The Bertz CT molecular complexity index is 712. The fourth-order valence-corrected chi connectivity index (χ4v) is 2.85. The zero-order valence-electron chi connectivity index (χ0n) is 15.6. The summed E-state index contributed by atoms with van der Waals surface area (Å²) in [6, 6.07) is 1.75. The molecule has 0 aliphatic carbocycles. The number of carbonyl (C=O) groups is 1. The van der Waals surface area contributed by atoms with Crippen molar-refractivity contribution in [3.63, 3.8) is 0 Å². The van der Waals surface area contributed by atoms with Crippen LogP contribution in [0.25, 0.3) is 0 Å². The fraction of sp³-hybridized carbons (Fsp3) is 0.611. The van der Waals surface area contributed by atoms with Gasteiger partial charge in [0, 0.05) is 18.7 Å². The molecule has 0 bridgehead atoms. The number of hydrogen-bond donors (Lipinski definition) is 0. The molecule has 0 atom stereocenters. The third-order valence-electron chi connectivity index (χ3n) is 4.16. The second-order valence-corrected chi connectivity index (χ2v) is 7.49. The summed E-state index contributed by atoms with van der Waals surface area (Å²) in [4.78, 5) is 13.5. The van der Waals surface area contributed by atoms with Crippen molar-refractivity contribution < 1.29 is 40.6 Å². The number of hydrogen-bond acceptors (Lipinski definition) is 3. The molecule has 2 rings (SSSR count). The number of amides is 1. The van der Waals surface area contributed by atoms with Gasteiger partial charge >= 0.3 is 18.6 Å². The van der Waals surface area contributed by atoms with Crippen molar-refractivity contribution in [3.8, 4) is 5.75 Å². The highest BCUT2D eigenvalue weighted by molar-refractivity contribution is 5.68. The monoisotopic (exact) mass is 413 g/mol. The standard InChI is InChI=1S/C18H21F6NO3/c1-17(2,3)28-16(26)25-8-6-10(7-9-25)11-4-5-12(19)13(20)14(11)27-18(23,24)15(21)22/h4-5,10,15H,6-9H2,1-3H3. The summed E-state index contributed by atoms with van der Waals surface area (Å²) in [7, 11) is 0. The quantitative estimate of drug-likeness (QED) is 0.628. The van der Waals surface area contributed by atoms with Gasteiger partial charge in [0.2, 0.25) is 5.82 Å². The Morgan fingerprint density at radius 2 is 1.71 bits per heavy atom. The smallest absolute Gasteiger partial charge is 0.444 e. The number of carbonyl (C=O) groups excluding carboxylic acids is 1. The van der Waals surface area contributed by atoms with E-state index in [1.807, 2.05) is 0 Å². The summed E-state index contributed by atoms with van der Waals surface area (Å²) < 4.78 is 88.1. The van der Waals surface area contributed by atoms with E-state index in [9.17, 15) is 31.1 Å². The molecule has 0 N–H and O–H groups in total. The molecule has 0 aromatic heterocycles. The van der Waals surface area contributed by atoms with Crippen LogP contribution in [-0.4, -0.2) is 42.2 Å². The molecule has 1 heterocycles. The summed E-state index contributed by atoms with van der Waals surface area (Å²) in [6.07, 6.45) is -9.32. The predicted molar refractivity (Wildman–Crippen MR) is 87.7 cm³/mol. The normalized spacial score (nSPS) is 16.4. The Kier molecular flexibility index (Phi) is 6.40. The topological polar surface area (TPSA) is 38.8 Å². The van der Waals surface area contributed by atoms with Gasteiger partial charge < -0.3 is 14.4 Å². The SMILES string of the molecule is CC(C)(C)OC(=O)N1CCC(c2ccc(F)c(F)c2OC(F)(F)C(F)F)CC1. The van der Waals surface area contributed by atoms with Crippen molar-refractivity contribution in [2.45, 2.75) is 57.7 Å². The van der Waals surface area contributed by atoms with E-state index in [2.05, 4.69) is 4.74 Å². The van der Waals surface area contributed by atoms with Gasteiger partial charge in [-0.15, -0.1) is 0 Å². The van der Waals surface area contributed by atoms with Crippen LogP contribution in [0.2, 0.25) is 0 Å². The number of rotatable bonds is 4. The number of nitrogens with zero attached hydrogens (tertiary/aromatic N) is 1. The molecule has 28 heavy (non-hydrogen) atoms. The van der Waals surface area contributed by atoms with E-state index in [4.69, 9.17) is 4.74 Å². The molecule has 0 unspecified atom stereocenters. The van der Waals surface area contributed by atoms with Crippen LogP contribution in [0.5, 0.6) is 5.75 Å². The van der Waals surface area contributed by atoms with Crippen LogP contribution in [0.15, 0.2) is 12.1 Å². The Labute approximate surface area is 158 Å². The average molecular weight is 413 g/mol. The largest absolute Gasteiger partial charge is 0.461 e. The first-order chi connectivity index (χ1) is 12.8. The van der Waals surface area contributed by atoms with Gasteiger partial charge in [-0.1, -0.05) is 6.07 Å². The van der Waals surface area contributed by atoms with Crippen LogP contribution in [0, 0.1) is 11.6 Å². The second-order valence-electron chi connectivity index (χ2n) is 7.49. The maximum atomic E-state index is 14.0. The first kappa shape index (κ1) is 22.2. The molecule has 158 valence electrons. The van der Waals surface area contributed by atoms with Gasteiger partial charge in [0.15, 0.2) is 11.6 Å². The highest BCUT2D eigenvalue weighted by Crippen LogP contribution is 2.40. The molecule has 1 fully saturated rings. The van der Waals surface area contributed by atoms with Crippen molar-refractivity contribution in [2.24, 2.45) is 0 Å². The minimum absolute atomic E-state index is 0.150. The zero-order valence-corrected chi connectivity index (χ0v) is 15.6. The Balaban J connectivity index is 2.19. The summed E-state index contributed by atoms with van der Waals surface area (Å²) in [5.41, 5.74) is -0.848. The maximum absolute atomic E-state index is 14.0. The second kappa shape index (κ2) is 8.08. The van der Waals surface area contributed by atoms with Crippen LogP contribution < -0.4 is 4.74 Å². The van der Waals surface area contributed by atoms with Crippen molar-refractivity contribution in [2.75, 3.05) is 13.1 Å². The average Bonchev–Trinajstić information content (AvgIpc) is 2.57. The molecule has 1 aliphatic rings. The Hall–Kier alpha value is -2.13. The van der Waals surface area contributed by atoms with E-state index in [0.29, 0.717) is 0 Å². The van der Waals surface area contributed by atoms with E-state index < -0.39 is 47.5 Å². The van der Waals surface area contributed by atoms with Gasteiger partial charge in [-0.05, 0) is 45.6 Å². The first-order valence-corrected chi connectivity index (χ1v) is 8.62.